The normalized spacial score (nSPS) is 14.8. The molecule has 0 spiro atoms. The molecular weight excluding hydrogens is 244 g/mol. The number of ether oxygens (including phenoxy) is 1. The molecule has 0 aliphatic heterocycles. The molecule has 0 saturated heterocycles. The van der Waals surface area contributed by atoms with Gasteiger partial charge in [-0.2, -0.15) is 0 Å². The number of aliphatic hydroxyl groups is 1. The van der Waals surface area contributed by atoms with Crippen LogP contribution < -0.4 is 4.90 Å². The second-order valence-corrected chi connectivity index (χ2v) is 4.63. The van der Waals surface area contributed by atoms with E-state index in [0.29, 0.717) is 24.8 Å². The summed E-state index contributed by atoms with van der Waals surface area (Å²) in [5.74, 6) is 0.464. The fourth-order valence-corrected chi connectivity index (χ4v) is 2.18. The molecule has 1 N–H and O–H groups in total. The van der Waals surface area contributed by atoms with E-state index >= 15 is 0 Å². The number of pyridine rings is 1. The Morgan fingerprint density at radius 3 is 2.79 bits per heavy atom. The SMILES string of the molecule is CCOC(=O)c1ccc(N(CCO)C2CCC2)nc1. The van der Waals surface area contributed by atoms with E-state index in [2.05, 4.69) is 9.88 Å². The molecule has 0 atom stereocenters. The minimum absolute atomic E-state index is 0.109. The number of esters is 1. The van der Waals surface area contributed by atoms with Crippen LogP contribution in [-0.4, -0.2) is 41.9 Å². The van der Waals surface area contributed by atoms with Crippen LogP contribution in [0.15, 0.2) is 18.3 Å². The van der Waals surface area contributed by atoms with E-state index in [1.807, 2.05) is 6.07 Å². The Kier molecular flexibility index (Phi) is 4.74. The van der Waals surface area contributed by atoms with Crippen molar-refractivity contribution in [3.63, 3.8) is 0 Å². The van der Waals surface area contributed by atoms with Gasteiger partial charge in [-0.3, -0.25) is 0 Å². The number of nitrogens with zero attached hydrogens (tertiary/aromatic N) is 2. The van der Waals surface area contributed by atoms with E-state index in [0.717, 1.165) is 18.7 Å². The second-order valence-electron chi connectivity index (χ2n) is 4.63. The van der Waals surface area contributed by atoms with Crippen molar-refractivity contribution in [2.45, 2.75) is 32.2 Å². The highest BCUT2D eigenvalue weighted by molar-refractivity contribution is 5.89. The molecule has 1 saturated carbocycles. The van der Waals surface area contributed by atoms with Crippen molar-refractivity contribution in [1.82, 2.24) is 4.98 Å². The molecule has 1 aromatic rings. The van der Waals surface area contributed by atoms with Crippen molar-refractivity contribution in [3.8, 4) is 0 Å². The largest absolute Gasteiger partial charge is 0.462 e. The Morgan fingerprint density at radius 1 is 1.53 bits per heavy atom. The number of carbonyl (C=O) groups is 1. The Hall–Kier alpha value is -1.62. The van der Waals surface area contributed by atoms with Gasteiger partial charge in [0.05, 0.1) is 18.8 Å². The average molecular weight is 264 g/mol. The summed E-state index contributed by atoms with van der Waals surface area (Å²) in [6, 6.07) is 4.01. The molecular formula is C14H20N2O3. The maximum Gasteiger partial charge on any atom is 0.339 e. The molecule has 104 valence electrons. The molecule has 0 radical (unpaired) electrons. The molecule has 1 fully saturated rings. The van der Waals surface area contributed by atoms with Gasteiger partial charge in [0, 0.05) is 18.8 Å². The van der Waals surface area contributed by atoms with Crippen molar-refractivity contribution in [1.29, 1.82) is 0 Å². The number of hydrogen-bond donors (Lipinski definition) is 1. The summed E-state index contributed by atoms with van der Waals surface area (Å²) in [5.41, 5.74) is 0.461. The first kappa shape index (κ1) is 13.8. The van der Waals surface area contributed by atoms with Crippen molar-refractivity contribution in [3.05, 3.63) is 23.9 Å². The van der Waals surface area contributed by atoms with Gasteiger partial charge in [-0.1, -0.05) is 0 Å². The van der Waals surface area contributed by atoms with E-state index in [4.69, 9.17) is 9.84 Å². The number of aromatic nitrogens is 1. The third-order valence-corrected chi connectivity index (χ3v) is 3.41. The highest BCUT2D eigenvalue weighted by Gasteiger charge is 2.25. The fourth-order valence-electron chi connectivity index (χ4n) is 2.18. The highest BCUT2D eigenvalue weighted by atomic mass is 16.5. The summed E-state index contributed by atoms with van der Waals surface area (Å²) in [4.78, 5) is 18.0. The minimum Gasteiger partial charge on any atom is -0.462 e. The summed E-state index contributed by atoms with van der Waals surface area (Å²) < 4.78 is 4.92. The molecule has 1 aliphatic carbocycles. The predicted molar refractivity (Wildman–Crippen MR) is 72.3 cm³/mol. The molecule has 0 bridgehead atoms. The topological polar surface area (TPSA) is 62.7 Å². The van der Waals surface area contributed by atoms with Gasteiger partial charge in [0.15, 0.2) is 0 Å². The van der Waals surface area contributed by atoms with E-state index in [9.17, 15) is 4.79 Å². The quantitative estimate of drug-likeness (QED) is 0.791. The van der Waals surface area contributed by atoms with Gasteiger partial charge in [-0.25, -0.2) is 9.78 Å². The molecule has 5 heteroatoms. The number of rotatable bonds is 6. The molecule has 1 aliphatic rings. The first-order valence-corrected chi connectivity index (χ1v) is 6.77. The first-order valence-electron chi connectivity index (χ1n) is 6.77. The fraction of sp³-hybridized carbons (Fsp3) is 0.571. The Morgan fingerprint density at radius 2 is 2.32 bits per heavy atom. The molecule has 1 heterocycles. The van der Waals surface area contributed by atoms with Crippen molar-refractivity contribution >= 4 is 11.8 Å². The molecule has 5 nitrogen and oxygen atoms in total. The Bertz CT molecular complexity index is 415. The van der Waals surface area contributed by atoms with Gasteiger partial charge < -0.3 is 14.7 Å². The summed E-state index contributed by atoms with van der Waals surface area (Å²) in [7, 11) is 0. The summed E-state index contributed by atoms with van der Waals surface area (Å²) in [6.07, 6.45) is 5.05. The van der Waals surface area contributed by atoms with Crippen LogP contribution in [0, 0.1) is 0 Å². The van der Waals surface area contributed by atoms with Crippen LogP contribution in [0.2, 0.25) is 0 Å². The van der Waals surface area contributed by atoms with Gasteiger partial charge >= 0.3 is 5.97 Å². The van der Waals surface area contributed by atoms with Crippen molar-refractivity contribution in [2.75, 3.05) is 24.7 Å². The van der Waals surface area contributed by atoms with E-state index in [-0.39, 0.29) is 12.6 Å². The van der Waals surface area contributed by atoms with Gasteiger partial charge in [0.25, 0.3) is 0 Å². The van der Waals surface area contributed by atoms with E-state index in [1.165, 1.54) is 12.6 Å². The average Bonchev–Trinajstić information content (AvgIpc) is 2.37. The van der Waals surface area contributed by atoms with Gasteiger partial charge in [0.1, 0.15) is 5.82 Å². The third-order valence-electron chi connectivity index (χ3n) is 3.41. The lowest BCUT2D eigenvalue weighted by molar-refractivity contribution is 0.0526. The zero-order chi connectivity index (χ0) is 13.7. The number of hydrogen-bond acceptors (Lipinski definition) is 5. The van der Waals surface area contributed by atoms with Crippen LogP contribution in [-0.2, 0) is 4.74 Å². The molecule has 0 aromatic carbocycles. The van der Waals surface area contributed by atoms with Crippen LogP contribution in [0.4, 0.5) is 5.82 Å². The standard InChI is InChI=1S/C14H20N2O3/c1-2-19-14(18)11-6-7-13(15-10-11)16(8-9-17)12-4-3-5-12/h6-7,10,12,17H,2-5,8-9H2,1H3. The lowest BCUT2D eigenvalue weighted by atomic mass is 9.91. The first-order chi connectivity index (χ1) is 9.26. The molecule has 0 unspecified atom stereocenters. The maximum absolute atomic E-state index is 11.5. The van der Waals surface area contributed by atoms with Gasteiger partial charge in [0.2, 0.25) is 0 Å². The van der Waals surface area contributed by atoms with Crippen LogP contribution >= 0.6 is 0 Å². The number of carbonyl (C=O) groups excluding carboxylic acids is 1. The second kappa shape index (κ2) is 6.52. The smallest absolute Gasteiger partial charge is 0.339 e. The van der Waals surface area contributed by atoms with Gasteiger partial charge in [-0.05, 0) is 38.3 Å². The predicted octanol–water partition coefficient (Wildman–Crippen LogP) is 1.61. The van der Waals surface area contributed by atoms with Crippen LogP contribution in [0.3, 0.4) is 0 Å². The highest BCUT2D eigenvalue weighted by Crippen LogP contribution is 2.28. The zero-order valence-electron chi connectivity index (χ0n) is 11.2. The summed E-state index contributed by atoms with van der Waals surface area (Å²) in [5, 5.41) is 9.14. The Balaban J connectivity index is 2.08. The summed E-state index contributed by atoms with van der Waals surface area (Å²) >= 11 is 0. The van der Waals surface area contributed by atoms with Crippen LogP contribution in [0.5, 0.6) is 0 Å². The summed E-state index contributed by atoms with van der Waals surface area (Å²) in [6.45, 7) is 2.83. The minimum atomic E-state index is -0.348. The lowest BCUT2D eigenvalue weighted by Crippen LogP contribution is -2.42. The van der Waals surface area contributed by atoms with Crippen molar-refractivity contribution in [2.24, 2.45) is 0 Å². The molecule has 2 rings (SSSR count). The zero-order valence-corrected chi connectivity index (χ0v) is 11.2. The maximum atomic E-state index is 11.5. The van der Waals surface area contributed by atoms with Gasteiger partial charge in [-0.15, -0.1) is 0 Å². The van der Waals surface area contributed by atoms with Crippen molar-refractivity contribution < 1.29 is 14.6 Å². The van der Waals surface area contributed by atoms with E-state index < -0.39 is 0 Å². The number of aliphatic hydroxyl groups excluding tert-OH is 1. The Labute approximate surface area is 113 Å². The lowest BCUT2D eigenvalue weighted by Gasteiger charge is -2.38. The molecule has 1 aromatic heterocycles. The number of anilines is 1. The third kappa shape index (κ3) is 3.23. The van der Waals surface area contributed by atoms with E-state index in [1.54, 1.807) is 13.0 Å². The van der Waals surface area contributed by atoms with Crippen LogP contribution in [0.1, 0.15) is 36.5 Å². The monoisotopic (exact) mass is 264 g/mol. The van der Waals surface area contributed by atoms with Crippen LogP contribution in [0.25, 0.3) is 0 Å². The molecule has 0 amide bonds. The molecule has 19 heavy (non-hydrogen) atoms.